The Morgan fingerprint density at radius 1 is 0.423 bits per heavy atom. The van der Waals surface area contributed by atoms with Crippen molar-refractivity contribution in [2.45, 2.75) is 19.3 Å². The molecule has 10 aromatic rings. The third-order valence-corrected chi connectivity index (χ3v) is 9.57. The molecule has 0 radical (unpaired) electrons. The normalized spacial score (nSPS) is 16.8. The molecule has 0 aliphatic heterocycles. The molecule has 0 amide bonds. The van der Waals surface area contributed by atoms with Crippen molar-refractivity contribution < 1.29 is 30.5 Å². The standard InChI is InChI=1S/C51H36O/c1-3-15-34(16-4-1)33-48-42-23-11-9-21-40(42)44(41-22-10-12-24-43(41)48)31-29-36-30-32-45(39-20-8-7-19-37(36)39)46-26-13-27-47-50-38(35-17-5-2-6-18-35)25-14-28-49(50)52-51(46)47/h1-28,30,32H,29,31,33H2/i1D,3D,4D,7D,8D,9D,10D,11D,12D,15D,16D,19D,20D,21D,22D,23D,24D,30D,32D. The molecule has 0 unspecified atom stereocenters. The van der Waals surface area contributed by atoms with Crippen LogP contribution in [-0.2, 0) is 19.3 Å². The lowest BCUT2D eigenvalue weighted by Gasteiger charge is -2.18. The summed E-state index contributed by atoms with van der Waals surface area (Å²) in [6.07, 6.45) is -1.33. The molecule has 0 aliphatic carbocycles. The van der Waals surface area contributed by atoms with Crippen molar-refractivity contribution in [1.82, 2.24) is 0 Å². The molecule has 52 heavy (non-hydrogen) atoms. The van der Waals surface area contributed by atoms with Crippen LogP contribution in [0, 0.1) is 0 Å². The predicted octanol–water partition coefficient (Wildman–Crippen LogP) is 13.8. The van der Waals surface area contributed by atoms with Gasteiger partial charge in [-0.15, -0.1) is 0 Å². The molecule has 0 saturated heterocycles. The van der Waals surface area contributed by atoms with Crippen LogP contribution in [0.1, 0.15) is 48.3 Å². The van der Waals surface area contributed by atoms with Crippen LogP contribution >= 0.6 is 0 Å². The fourth-order valence-electron chi connectivity index (χ4n) is 7.28. The molecule has 0 N–H and O–H groups in total. The van der Waals surface area contributed by atoms with E-state index >= 15 is 0 Å². The first-order valence-corrected chi connectivity index (χ1v) is 16.7. The van der Waals surface area contributed by atoms with Gasteiger partial charge in [0.25, 0.3) is 0 Å². The van der Waals surface area contributed by atoms with Crippen LogP contribution in [0.4, 0.5) is 0 Å². The topological polar surface area (TPSA) is 13.1 Å². The zero-order chi connectivity index (χ0) is 51.0. The van der Waals surface area contributed by atoms with Crippen LogP contribution in [0.15, 0.2) is 186 Å². The van der Waals surface area contributed by atoms with E-state index in [4.69, 9.17) is 19.5 Å². The SMILES string of the molecule is [2H]c1c([2H])c([2H])c(Cc2c3c([2H])c([2H])c([2H])c([2H])c3c(CCc3c([2H])c([2H])c(-c4cccc5c4oc4cccc(-c6ccccc6)c45)c4c([2H])c([2H])c([2H])c([2H])c34)c3c([2H])c([2H])c([2H])c([2H])c23)c([2H])c1[2H]. The number of rotatable bonds is 7. The van der Waals surface area contributed by atoms with Gasteiger partial charge in [0, 0.05) is 16.3 Å². The fraction of sp³-hybridized carbons (Fsp3) is 0.0588. The second kappa shape index (κ2) is 12.7. The molecule has 0 fully saturated rings. The highest BCUT2D eigenvalue weighted by atomic mass is 16.3. The van der Waals surface area contributed by atoms with Gasteiger partial charge in [-0.3, -0.25) is 0 Å². The maximum Gasteiger partial charge on any atom is 0.143 e. The Morgan fingerprint density at radius 3 is 1.77 bits per heavy atom. The largest absolute Gasteiger partial charge is 0.455 e. The summed E-state index contributed by atoms with van der Waals surface area (Å²) in [5.41, 5.74) is 2.38. The van der Waals surface area contributed by atoms with Gasteiger partial charge in [0.2, 0.25) is 0 Å². The highest BCUT2D eigenvalue weighted by molar-refractivity contribution is 6.17. The van der Waals surface area contributed by atoms with Crippen LogP contribution in [-0.4, -0.2) is 0 Å². The molecule has 9 aromatic carbocycles. The summed E-state index contributed by atoms with van der Waals surface area (Å²) in [5, 5.41) is 0.342. The van der Waals surface area contributed by atoms with Crippen molar-refractivity contribution >= 4 is 54.3 Å². The molecule has 0 bridgehead atoms. The van der Waals surface area contributed by atoms with Crippen LogP contribution in [0.3, 0.4) is 0 Å². The molecular weight excluding hydrogens is 629 g/mol. The van der Waals surface area contributed by atoms with Gasteiger partial charge in [0.15, 0.2) is 0 Å². The van der Waals surface area contributed by atoms with Crippen molar-refractivity contribution in [2.75, 3.05) is 0 Å². The highest BCUT2D eigenvalue weighted by Gasteiger charge is 2.19. The van der Waals surface area contributed by atoms with Gasteiger partial charge in [0.05, 0.1) is 26.0 Å². The average molecular weight is 684 g/mol. The number of fused-ring (bicyclic) bond motifs is 6. The van der Waals surface area contributed by atoms with E-state index in [1.807, 2.05) is 48.5 Å². The second-order valence-electron chi connectivity index (χ2n) is 12.4. The maximum absolute atomic E-state index is 9.67. The second-order valence-corrected chi connectivity index (χ2v) is 12.4. The molecule has 0 aliphatic rings. The molecule has 0 saturated carbocycles. The van der Waals surface area contributed by atoms with Gasteiger partial charge in [-0.1, -0.05) is 175 Å². The fourth-order valence-corrected chi connectivity index (χ4v) is 7.28. The number of aryl methyl sites for hydroxylation is 2. The summed E-state index contributed by atoms with van der Waals surface area (Å²) in [7, 11) is 0. The Labute approximate surface area is 330 Å². The van der Waals surface area contributed by atoms with E-state index in [0.717, 1.165) is 16.5 Å². The number of hydrogen-bond donors (Lipinski definition) is 0. The summed E-state index contributed by atoms with van der Waals surface area (Å²) >= 11 is 0. The zero-order valence-electron chi connectivity index (χ0n) is 46.4. The molecule has 10 rings (SSSR count). The first-order valence-electron chi connectivity index (χ1n) is 26.2. The molecule has 246 valence electrons. The summed E-state index contributed by atoms with van der Waals surface area (Å²) in [6, 6.07) is 8.78. The number of benzene rings is 9. The lowest BCUT2D eigenvalue weighted by molar-refractivity contribution is 0.670. The van der Waals surface area contributed by atoms with Crippen molar-refractivity contribution in [3.63, 3.8) is 0 Å². The summed E-state index contributed by atoms with van der Waals surface area (Å²) < 4.78 is 176. The number of furan rings is 1. The van der Waals surface area contributed by atoms with Crippen LogP contribution < -0.4 is 0 Å². The molecule has 1 nitrogen and oxygen atoms in total. The lowest BCUT2D eigenvalue weighted by Crippen LogP contribution is -2.00. The van der Waals surface area contributed by atoms with E-state index < -0.39 is 121 Å². The molecule has 0 spiro atoms. The van der Waals surface area contributed by atoms with Crippen molar-refractivity contribution in [3.05, 3.63) is 204 Å². The summed E-state index contributed by atoms with van der Waals surface area (Å²) in [5.74, 6) is 0. The first kappa shape index (κ1) is 16.7. The Bertz CT molecular complexity index is 3900. The van der Waals surface area contributed by atoms with Crippen molar-refractivity contribution in [3.8, 4) is 22.3 Å². The van der Waals surface area contributed by atoms with E-state index in [-0.39, 0.29) is 78.5 Å². The minimum atomic E-state index is -0.711. The van der Waals surface area contributed by atoms with Gasteiger partial charge in [-0.25, -0.2) is 0 Å². The molecule has 1 heteroatoms. The van der Waals surface area contributed by atoms with E-state index in [2.05, 4.69) is 0 Å². The number of para-hydroxylation sites is 1. The Morgan fingerprint density at radius 2 is 1.04 bits per heavy atom. The first-order chi connectivity index (χ1) is 33.7. The minimum absolute atomic E-state index is 0.00259. The monoisotopic (exact) mass is 683 g/mol. The Hall–Kier alpha value is -6.44. The quantitative estimate of drug-likeness (QED) is 0.152. The van der Waals surface area contributed by atoms with Gasteiger partial charge in [-0.2, -0.15) is 0 Å². The van der Waals surface area contributed by atoms with Crippen molar-refractivity contribution in [1.29, 1.82) is 0 Å². The van der Waals surface area contributed by atoms with Gasteiger partial charge in [0.1, 0.15) is 11.2 Å². The van der Waals surface area contributed by atoms with E-state index in [0.29, 0.717) is 16.6 Å². The number of hydrogen-bond acceptors (Lipinski definition) is 1. The predicted molar refractivity (Wildman–Crippen MR) is 220 cm³/mol. The van der Waals surface area contributed by atoms with Gasteiger partial charge >= 0.3 is 0 Å². The Balaban J connectivity index is 1.26. The molecular formula is C51H36O. The summed E-state index contributed by atoms with van der Waals surface area (Å²) in [6.45, 7) is 0. The average Bonchev–Trinajstić information content (AvgIpc) is 3.77. The van der Waals surface area contributed by atoms with Crippen LogP contribution in [0.5, 0.6) is 0 Å². The van der Waals surface area contributed by atoms with E-state index in [1.54, 1.807) is 18.2 Å². The van der Waals surface area contributed by atoms with Crippen LogP contribution in [0.2, 0.25) is 0 Å². The van der Waals surface area contributed by atoms with E-state index in [9.17, 15) is 11.0 Å². The van der Waals surface area contributed by atoms with Crippen molar-refractivity contribution in [2.24, 2.45) is 0 Å². The zero-order valence-corrected chi connectivity index (χ0v) is 27.4. The lowest BCUT2D eigenvalue weighted by atomic mass is 9.86. The molecule has 0 atom stereocenters. The van der Waals surface area contributed by atoms with Gasteiger partial charge in [-0.05, 0) is 96.6 Å². The highest BCUT2D eigenvalue weighted by Crippen LogP contribution is 2.43. The minimum Gasteiger partial charge on any atom is -0.455 e. The maximum atomic E-state index is 9.67. The third kappa shape index (κ3) is 5.09. The third-order valence-electron chi connectivity index (χ3n) is 9.57. The van der Waals surface area contributed by atoms with E-state index in [1.165, 1.54) is 0 Å². The smallest absolute Gasteiger partial charge is 0.143 e. The molecule has 1 heterocycles. The van der Waals surface area contributed by atoms with Crippen LogP contribution in [0.25, 0.3) is 76.5 Å². The Kier molecular flexibility index (Phi) is 4.09. The summed E-state index contributed by atoms with van der Waals surface area (Å²) in [4.78, 5) is 0. The van der Waals surface area contributed by atoms with Gasteiger partial charge < -0.3 is 4.42 Å². The molecule has 1 aromatic heterocycles.